The van der Waals surface area contributed by atoms with Gasteiger partial charge in [-0.05, 0) is 44.0 Å². The highest BCUT2D eigenvalue weighted by atomic mass is 16.6. The Hall–Kier alpha value is -2.83. The second kappa shape index (κ2) is 11.9. The summed E-state index contributed by atoms with van der Waals surface area (Å²) >= 11 is 0. The number of nitrogens with one attached hydrogen (secondary N) is 1. The van der Waals surface area contributed by atoms with Gasteiger partial charge in [-0.1, -0.05) is 42.5 Å². The van der Waals surface area contributed by atoms with Crippen LogP contribution in [0.1, 0.15) is 31.9 Å². The van der Waals surface area contributed by atoms with Gasteiger partial charge in [-0.3, -0.25) is 10.3 Å². The number of carbonyl (C=O) groups is 1. The van der Waals surface area contributed by atoms with Crippen LogP contribution in [-0.4, -0.2) is 25.3 Å². The number of hydrogen-bond donors (Lipinski definition) is 1. The zero-order valence-corrected chi connectivity index (χ0v) is 17.4. The quantitative estimate of drug-likeness (QED) is 0.348. The molecule has 6 nitrogen and oxygen atoms in total. The maximum Gasteiger partial charge on any atom is 0.335 e. The molecular weight excluding hydrogens is 370 g/mol. The number of allylic oxidation sites excluding steroid dienone is 1. The molecule has 0 saturated heterocycles. The molecule has 156 valence electrons. The van der Waals surface area contributed by atoms with Gasteiger partial charge in [-0.2, -0.15) is 0 Å². The van der Waals surface area contributed by atoms with Crippen molar-refractivity contribution in [2.45, 2.75) is 46.0 Å². The molecule has 0 aliphatic heterocycles. The van der Waals surface area contributed by atoms with Gasteiger partial charge in [-0.15, -0.1) is 0 Å². The third-order valence-electron chi connectivity index (χ3n) is 3.93. The summed E-state index contributed by atoms with van der Waals surface area (Å²) in [6.07, 6.45) is 1.33. The number of carbonyl (C=O) groups excluding carboxylic acids is 1. The Balaban J connectivity index is 1.82. The lowest BCUT2D eigenvalue weighted by Crippen LogP contribution is -2.30. The van der Waals surface area contributed by atoms with Crippen LogP contribution in [-0.2, 0) is 32.1 Å². The molecule has 0 aromatic heterocycles. The smallest absolute Gasteiger partial charge is 0.335 e. The van der Waals surface area contributed by atoms with E-state index in [1.54, 1.807) is 6.26 Å². The highest BCUT2D eigenvalue weighted by Gasteiger charge is 2.21. The third kappa shape index (κ3) is 8.37. The van der Waals surface area contributed by atoms with Crippen LogP contribution in [0.3, 0.4) is 0 Å². The number of esters is 1. The first-order valence-corrected chi connectivity index (χ1v) is 9.55. The standard InChI is InChI=1S/C23H29NO5/c1-17(2)29-22(23(25)26-4)14-19-10-12-21(13-11-19)27-15-18(3)24-28-16-20-8-6-5-7-9-20/h5-13,15,17,22,24H,14,16H2,1-4H3. The van der Waals surface area contributed by atoms with E-state index in [2.05, 4.69) is 5.48 Å². The van der Waals surface area contributed by atoms with E-state index in [0.717, 1.165) is 16.8 Å². The van der Waals surface area contributed by atoms with E-state index in [4.69, 9.17) is 19.0 Å². The maximum absolute atomic E-state index is 11.9. The molecule has 0 amide bonds. The van der Waals surface area contributed by atoms with Crippen molar-refractivity contribution in [3.63, 3.8) is 0 Å². The Bertz CT molecular complexity index is 772. The van der Waals surface area contributed by atoms with E-state index in [9.17, 15) is 4.79 Å². The summed E-state index contributed by atoms with van der Waals surface area (Å²) in [4.78, 5) is 17.3. The first-order chi connectivity index (χ1) is 14.0. The largest absolute Gasteiger partial charge is 0.467 e. The molecule has 0 spiro atoms. The Morgan fingerprint density at radius 3 is 2.34 bits per heavy atom. The average molecular weight is 399 g/mol. The average Bonchev–Trinajstić information content (AvgIpc) is 2.72. The molecule has 0 saturated carbocycles. The Kier molecular flexibility index (Phi) is 9.21. The van der Waals surface area contributed by atoms with Gasteiger partial charge in [0.25, 0.3) is 0 Å². The molecule has 0 bridgehead atoms. The molecule has 0 heterocycles. The fourth-order valence-electron chi connectivity index (χ4n) is 2.55. The van der Waals surface area contributed by atoms with E-state index in [1.165, 1.54) is 7.11 Å². The van der Waals surface area contributed by atoms with Gasteiger partial charge in [0.2, 0.25) is 0 Å². The normalized spacial score (nSPS) is 12.5. The lowest BCUT2D eigenvalue weighted by molar-refractivity contribution is -0.156. The molecule has 1 N–H and O–H groups in total. The molecular formula is C23H29NO5. The fraction of sp³-hybridized carbons (Fsp3) is 0.348. The molecule has 0 aliphatic rings. The Morgan fingerprint density at radius 2 is 1.72 bits per heavy atom. The van der Waals surface area contributed by atoms with Crippen LogP contribution in [0.4, 0.5) is 0 Å². The van der Waals surface area contributed by atoms with Crippen LogP contribution in [0.15, 0.2) is 66.6 Å². The first-order valence-electron chi connectivity index (χ1n) is 9.55. The number of hydrogen-bond acceptors (Lipinski definition) is 6. The lowest BCUT2D eigenvalue weighted by atomic mass is 10.1. The number of ether oxygens (including phenoxy) is 3. The molecule has 6 heteroatoms. The maximum atomic E-state index is 11.9. The monoisotopic (exact) mass is 399 g/mol. The van der Waals surface area contributed by atoms with Gasteiger partial charge in [0.1, 0.15) is 12.0 Å². The topological polar surface area (TPSA) is 66.0 Å². The van der Waals surface area contributed by atoms with Crippen molar-refractivity contribution in [3.8, 4) is 5.75 Å². The van der Waals surface area contributed by atoms with Crippen molar-refractivity contribution in [1.29, 1.82) is 0 Å². The molecule has 1 unspecified atom stereocenters. The first kappa shape index (κ1) is 22.5. The van der Waals surface area contributed by atoms with Crippen molar-refractivity contribution in [1.82, 2.24) is 5.48 Å². The van der Waals surface area contributed by atoms with E-state index in [1.807, 2.05) is 75.4 Å². The minimum absolute atomic E-state index is 0.0635. The summed E-state index contributed by atoms with van der Waals surface area (Å²) < 4.78 is 16.1. The van der Waals surface area contributed by atoms with Crippen LogP contribution in [0.5, 0.6) is 5.75 Å². The lowest BCUT2D eigenvalue weighted by Gasteiger charge is -2.18. The van der Waals surface area contributed by atoms with E-state index >= 15 is 0 Å². The molecule has 0 fully saturated rings. The Morgan fingerprint density at radius 1 is 1.03 bits per heavy atom. The van der Waals surface area contributed by atoms with Crippen molar-refractivity contribution >= 4 is 5.97 Å². The van der Waals surface area contributed by atoms with Gasteiger partial charge in [0.15, 0.2) is 6.10 Å². The summed E-state index contributed by atoms with van der Waals surface area (Å²) in [7, 11) is 1.36. The van der Waals surface area contributed by atoms with Crippen molar-refractivity contribution < 1.29 is 23.8 Å². The number of methoxy groups -OCH3 is 1. The molecule has 0 radical (unpaired) electrons. The second-order valence-electron chi connectivity index (χ2n) is 6.84. The van der Waals surface area contributed by atoms with Gasteiger partial charge >= 0.3 is 5.97 Å². The minimum atomic E-state index is -0.625. The molecule has 1 atom stereocenters. The van der Waals surface area contributed by atoms with Crippen LogP contribution in [0, 0.1) is 0 Å². The predicted molar refractivity (Wildman–Crippen MR) is 111 cm³/mol. The van der Waals surface area contributed by atoms with Gasteiger partial charge < -0.3 is 14.2 Å². The van der Waals surface area contributed by atoms with E-state index < -0.39 is 6.10 Å². The van der Waals surface area contributed by atoms with Crippen molar-refractivity contribution in [3.05, 3.63) is 77.7 Å². The highest BCUT2D eigenvalue weighted by Crippen LogP contribution is 2.16. The number of rotatable bonds is 11. The summed E-state index contributed by atoms with van der Waals surface area (Å²) in [6, 6.07) is 17.4. The molecule has 2 aromatic rings. The van der Waals surface area contributed by atoms with Gasteiger partial charge in [0.05, 0.1) is 25.5 Å². The summed E-state index contributed by atoms with van der Waals surface area (Å²) in [5.74, 6) is 0.302. The number of hydroxylamine groups is 1. The van der Waals surface area contributed by atoms with Crippen LogP contribution in [0.25, 0.3) is 0 Å². The zero-order chi connectivity index (χ0) is 21.1. The van der Waals surface area contributed by atoms with Crippen molar-refractivity contribution in [2.75, 3.05) is 7.11 Å². The number of benzene rings is 2. The summed E-state index contributed by atoms with van der Waals surface area (Å²) in [5, 5.41) is 0. The van der Waals surface area contributed by atoms with Gasteiger partial charge in [-0.25, -0.2) is 4.79 Å². The highest BCUT2D eigenvalue weighted by molar-refractivity contribution is 5.75. The van der Waals surface area contributed by atoms with E-state index in [-0.39, 0.29) is 12.1 Å². The van der Waals surface area contributed by atoms with E-state index in [0.29, 0.717) is 18.8 Å². The molecule has 2 aromatic carbocycles. The third-order valence-corrected chi connectivity index (χ3v) is 3.93. The van der Waals surface area contributed by atoms with Crippen molar-refractivity contribution in [2.24, 2.45) is 0 Å². The zero-order valence-electron chi connectivity index (χ0n) is 17.4. The minimum Gasteiger partial charge on any atom is -0.467 e. The van der Waals surface area contributed by atoms with Crippen LogP contribution >= 0.6 is 0 Å². The summed E-state index contributed by atoms with van der Waals surface area (Å²) in [6.45, 7) is 6.09. The molecule has 2 rings (SSSR count). The fourth-order valence-corrected chi connectivity index (χ4v) is 2.55. The molecule has 29 heavy (non-hydrogen) atoms. The predicted octanol–water partition coefficient (Wildman–Crippen LogP) is 4.16. The second-order valence-corrected chi connectivity index (χ2v) is 6.84. The van der Waals surface area contributed by atoms with Crippen LogP contribution < -0.4 is 10.2 Å². The van der Waals surface area contributed by atoms with Gasteiger partial charge in [0, 0.05) is 6.42 Å². The van der Waals surface area contributed by atoms with Crippen LogP contribution in [0.2, 0.25) is 0 Å². The Labute approximate surface area is 172 Å². The molecule has 0 aliphatic carbocycles. The summed E-state index contributed by atoms with van der Waals surface area (Å²) in [5.41, 5.74) is 5.62. The SMILES string of the molecule is COC(=O)C(Cc1ccc(OC=C(C)NOCc2ccccc2)cc1)OC(C)C.